The lowest BCUT2D eigenvalue weighted by molar-refractivity contribution is -0.116. The van der Waals surface area contributed by atoms with Gasteiger partial charge in [0, 0.05) is 18.2 Å². The molecule has 1 aromatic carbocycles. The Balaban J connectivity index is 1.99. The number of aryl methyl sites for hydroxylation is 1. The summed E-state index contributed by atoms with van der Waals surface area (Å²) < 4.78 is 0. The summed E-state index contributed by atoms with van der Waals surface area (Å²) in [6.07, 6.45) is 2.62. The zero-order valence-corrected chi connectivity index (χ0v) is 10.4. The lowest BCUT2D eigenvalue weighted by Gasteiger charge is -2.12. The van der Waals surface area contributed by atoms with Crippen molar-refractivity contribution in [2.24, 2.45) is 11.7 Å². The Bertz CT molecular complexity index is 500. The van der Waals surface area contributed by atoms with E-state index < -0.39 is 0 Å². The summed E-state index contributed by atoms with van der Waals surface area (Å²) in [6, 6.07) is 7.28. The Labute approximate surface area is 107 Å². The number of nitrogens with one attached hydrogen (secondary N) is 1. The molecule has 2 rings (SSSR count). The molecule has 1 atom stereocenters. The van der Waals surface area contributed by atoms with Crippen LogP contribution in [0.5, 0.6) is 0 Å². The molecule has 4 heteroatoms. The number of nitrogens with two attached hydrogens (primary N) is 1. The Hall–Kier alpha value is -1.86. The highest BCUT2D eigenvalue weighted by Gasteiger charge is 2.29. The van der Waals surface area contributed by atoms with E-state index in [4.69, 9.17) is 11.0 Å². The van der Waals surface area contributed by atoms with Crippen LogP contribution in [0.4, 0.5) is 5.69 Å². The van der Waals surface area contributed by atoms with Crippen molar-refractivity contribution in [1.82, 2.24) is 0 Å². The number of benzene rings is 1. The zero-order chi connectivity index (χ0) is 13.1. The molecule has 94 valence electrons. The van der Waals surface area contributed by atoms with Crippen LogP contribution in [-0.2, 0) is 4.79 Å². The average molecular weight is 243 g/mol. The third-order valence-corrected chi connectivity index (χ3v) is 3.29. The van der Waals surface area contributed by atoms with Crippen molar-refractivity contribution >= 4 is 11.6 Å². The summed E-state index contributed by atoms with van der Waals surface area (Å²) >= 11 is 0. The number of amides is 1. The average Bonchev–Trinajstić information content (AvgIpc) is 3.15. The minimum atomic E-state index is -0.0763. The summed E-state index contributed by atoms with van der Waals surface area (Å²) in [5.74, 6) is 0.440. The highest BCUT2D eigenvalue weighted by atomic mass is 16.1. The third-order valence-electron chi connectivity index (χ3n) is 3.29. The third kappa shape index (κ3) is 3.08. The van der Waals surface area contributed by atoms with Crippen molar-refractivity contribution in [3.05, 3.63) is 29.3 Å². The van der Waals surface area contributed by atoms with Gasteiger partial charge in [0.25, 0.3) is 0 Å². The van der Waals surface area contributed by atoms with Crippen LogP contribution in [0, 0.1) is 24.2 Å². The van der Waals surface area contributed by atoms with Crippen molar-refractivity contribution in [2.45, 2.75) is 32.2 Å². The zero-order valence-electron chi connectivity index (χ0n) is 10.4. The SMILES string of the molecule is Cc1ccc(C#N)cc1NC(=O)CC(N)C1CC1. The minimum absolute atomic E-state index is 0.0375. The molecule has 0 bridgehead atoms. The van der Waals surface area contributed by atoms with Gasteiger partial charge in [-0.1, -0.05) is 6.07 Å². The molecule has 1 fully saturated rings. The Kier molecular flexibility index (Phi) is 3.63. The van der Waals surface area contributed by atoms with E-state index in [9.17, 15) is 4.79 Å². The Morgan fingerprint density at radius 3 is 2.94 bits per heavy atom. The van der Waals surface area contributed by atoms with E-state index in [-0.39, 0.29) is 11.9 Å². The number of nitrogens with zero attached hydrogens (tertiary/aromatic N) is 1. The second-order valence-corrected chi connectivity index (χ2v) is 4.90. The number of carbonyl (C=O) groups excluding carboxylic acids is 1. The van der Waals surface area contributed by atoms with Crippen LogP contribution in [0.2, 0.25) is 0 Å². The first-order chi connectivity index (χ1) is 8.60. The smallest absolute Gasteiger partial charge is 0.225 e. The lowest BCUT2D eigenvalue weighted by Crippen LogP contribution is -2.29. The fourth-order valence-electron chi connectivity index (χ4n) is 1.93. The molecule has 18 heavy (non-hydrogen) atoms. The number of rotatable bonds is 4. The van der Waals surface area contributed by atoms with E-state index in [0.717, 1.165) is 18.4 Å². The topological polar surface area (TPSA) is 78.9 Å². The highest BCUT2D eigenvalue weighted by molar-refractivity contribution is 5.92. The van der Waals surface area contributed by atoms with E-state index in [1.54, 1.807) is 12.1 Å². The summed E-state index contributed by atoms with van der Waals surface area (Å²) in [5, 5.41) is 11.7. The predicted molar refractivity (Wildman–Crippen MR) is 69.8 cm³/mol. The summed E-state index contributed by atoms with van der Waals surface area (Å²) in [6.45, 7) is 1.90. The van der Waals surface area contributed by atoms with E-state index in [1.165, 1.54) is 0 Å². The molecule has 0 radical (unpaired) electrons. The largest absolute Gasteiger partial charge is 0.327 e. The van der Waals surface area contributed by atoms with Crippen molar-refractivity contribution < 1.29 is 4.79 Å². The molecule has 0 spiro atoms. The fraction of sp³-hybridized carbons (Fsp3) is 0.429. The highest BCUT2D eigenvalue weighted by Crippen LogP contribution is 2.32. The maximum Gasteiger partial charge on any atom is 0.225 e. The van der Waals surface area contributed by atoms with Crippen LogP contribution < -0.4 is 11.1 Å². The first kappa shape index (κ1) is 12.6. The number of hydrogen-bond acceptors (Lipinski definition) is 3. The van der Waals surface area contributed by atoms with Crippen molar-refractivity contribution in [2.75, 3.05) is 5.32 Å². The predicted octanol–water partition coefficient (Wildman–Crippen LogP) is 1.93. The molecule has 1 aliphatic carbocycles. The van der Waals surface area contributed by atoms with Gasteiger partial charge in [0.05, 0.1) is 11.6 Å². The lowest BCUT2D eigenvalue weighted by atomic mass is 10.1. The van der Waals surface area contributed by atoms with Gasteiger partial charge < -0.3 is 11.1 Å². The van der Waals surface area contributed by atoms with Crippen LogP contribution in [0.1, 0.15) is 30.4 Å². The second-order valence-electron chi connectivity index (χ2n) is 4.90. The van der Waals surface area contributed by atoms with Crippen molar-refractivity contribution in [3.63, 3.8) is 0 Å². The molecule has 0 aromatic heterocycles. The molecular weight excluding hydrogens is 226 g/mol. The molecule has 1 aromatic rings. The van der Waals surface area contributed by atoms with Crippen LogP contribution in [-0.4, -0.2) is 11.9 Å². The van der Waals surface area contributed by atoms with Gasteiger partial charge in [0.2, 0.25) is 5.91 Å². The van der Waals surface area contributed by atoms with Crippen LogP contribution in [0.15, 0.2) is 18.2 Å². The van der Waals surface area contributed by atoms with Gasteiger partial charge in [-0.25, -0.2) is 0 Å². The number of hydrogen-bond donors (Lipinski definition) is 2. The van der Waals surface area contributed by atoms with Gasteiger partial charge in [0.1, 0.15) is 0 Å². The van der Waals surface area contributed by atoms with Crippen LogP contribution in [0.3, 0.4) is 0 Å². The van der Waals surface area contributed by atoms with E-state index in [2.05, 4.69) is 11.4 Å². The van der Waals surface area contributed by atoms with Gasteiger partial charge in [-0.05, 0) is 43.4 Å². The number of carbonyl (C=O) groups is 1. The van der Waals surface area contributed by atoms with Gasteiger partial charge in [-0.3, -0.25) is 4.79 Å². The Morgan fingerprint density at radius 2 is 2.33 bits per heavy atom. The maximum atomic E-state index is 11.8. The monoisotopic (exact) mass is 243 g/mol. The molecule has 0 saturated heterocycles. The van der Waals surface area contributed by atoms with Gasteiger partial charge in [-0.2, -0.15) is 5.26 Å². The molecule has 0 heterocycles. The molecule has 0 aliphatic heterocycles. The van der Waals surface area contributed by atoms with Gasteiger partial charge in [-0.15, -0.1) is 0 Å². The van der Waals surface area contributed by atoms with Crippen LogP contribution in [0.25, 0.3) is 0 Å². The first-order valence-electron chi connectivity index (χ1n) is 6.16. The molecule has 1 saturated carbocycles. The quantitative estimate of drug-likeness (QED) is 0.848. The molecule has 1 aliphatic rings. The van der Waals surface area contributed by atoms with E-state index in [0.29, 0.717) is 23.6 Å². The first-order valence-corrected chi connectivity index (χ1v) is 6.16. The van der Waals surface area contributed by atoms with Gasteiger partial charge >= 0.3 is 0 Å². The minimum Gasteiger partial charge on any atom is -0.327 e. The maximum absolute atomic E-state index is 11.8. The Morgan fingerprint density at radius 1 is 1.61 bits per heavy atom. The molecule has 1 amide bonds. The summed E-state index contributed by atoms with van der Waals surface area (Å²) in [5.41, 5.74) is 8.10. The van der Waals surface area contributed by atoms with E-state index in [1.807, 2.05) is 13.0 Å². The summed E-state index contributed by atoms with van der Waals surface area (Å²) in [7, 11) is 0. The fourth-order valence-corrected chi connectivity index (χ4v) is 1.93. The number of nitriles is 1. The van der Waals surface area contributed by atoms with Gasteiger partial charge in [0.15, 0.2) is 0 Å². The molecule has 3 N–H and O–H groups in total. The summed E-state index contributed by atoms with van der Waals surface area (Å²) in [4.78, 5) is 11.8. The number of anilines is 1. The second kappa shape index (κ2) is 5.19. The normalized spacial score (nSPS) is 15.8. The van der Waals surface area contributed by atoms with E-state index >= 15 is 0 Å². The molecule has 1 unspecified atom stereocenters. The van der Waals surface area contributed by atoms with Crippen LogP contribution >= 0.6 is 0 Å². The standard InChI is InChI=1S/C14H17N3O/c1-9-2-3-10(8-15)6-13(9)17-14(18)7-12(16)11-4-5-11/h2-3,6,11-12H,4-5,7,16H2,1H3,(H,17,18). The molecule has 4 nitrogen and oxygen atoms in total. The molecular formula is C14H17N3O. The van der Waals surface area contributed by atoms with Crippen molar-refractivity contribution in [3.8, 4) is 6.07 Å². The van der Waals surface area contributed by atoms with Crippen molar-refractivity contribution in [1.29, 1.82) is 5.26 Å².